The van der Waals surface area contributed by atoms with Gasteiger partial charge in [-0.3, -0.25) is 14.7 Å². The molecule has 184 valence electrons. The summed E-state index contributed by atoms with van der Waals surface area (Å²) >= 11 is 0. The van der Waals surface area contributed by atoms with E-state index in [9.17, 15) is 9.59 Å². The molecule has 0 saturated carbocycles. The SMILES string of the molecule is CCCOC(=O)c1ccc(Oc2c(C)oc3c4c(ccc3c2=O)OCN(Cc2ccncc2)C4)cc1. The molecule has 0 fully saturated rings. The summed E-state index contributed by atoms with van der Waals surface area (Å²) in [7, 11) is 0. The highest BCUT2D eigenvalue weighted by molar-refractivity contribution is 5.89. The van der Waals surface area contributed by atoms with E-state index < -0.39 is 5.97 Å². The van der Waals surface area contributed by atoms with Crippen molar-refractivity contribution in [2.75, 3.05) is 13.3 Å². The van der Waals surface area contributed by atoms with E-state index in [4.69, 9.17) is 18.6 Å². The van der Waals surface area contributed by atoms with Crippen LogP contribution in [0.15, 0.2) is 70.1 Å². The van der Waals surface area contributed by atoms with Gasteiger partial charge in [0.1, 0.15) is 29.6 Å². The highest BCUT2D eigenvalue weighted by Crippen LogP contribution is 2.34. The summed E-state index contributed by atoms with van der Waals surface area (Å²) in [6.45, 7) is 5.70. The smallest absolute Gasteiger partial charge is 0.338 e. The second kappa shape index (κ2) is 10.2. The predicted molar refractivity (Wildman–Crippen MR) is 133 cm³/mol. The van der Waals surface area contributed by atoms with Gasteiger partial charge in [0.25, 0.3) is 0 Å². The van der Waals surface area contributed by atoms with E-state index in [2.05, 4.69) is 9.88 Å². The van der Waals surface area contributed by atoms with Crippen LogP contribution in [0.3, 0.4) is 0 Å². The molecular formula is C28H26N2O6. The van der Waals surface area contributed by atoms with Crippen molar-refractivity contribution < 1.29 is 23.4 Å². The van der Waals surface area contributed by atoms with Gasteiger partial charge in [-0.1, -0.05) is 6.92 Å². The highest BCUT2D eigenvalue weighted by Gasteiger charge is 2.24. The number of ether oxygens (including phenoxy) is 3. The lowest BCUT2D eigenvalue weighted by molar-refractivity contribution is 0.0505. The van der Waals surface area contributed by atoms with Gasteiger partial charge < -0.3 is 18.6 Å². The lowest BCUT2D eigenvalue weighted by Crippen LogP contribution is -2.31. The molecule has 0 saturated heterocycles. The molecule has 0 spiro atoms. The van der Waals surface area contributed by atoms with Gasteiger partial charge in [-0.2, -0.15) is 0 Å². The fourth-order valence-corrected chi connectivity index (χ4v) is 4.12. The van der Waals surface area contributed by atoms with Gasteiger partial charge >= 0.3 is 5.97 Å². The number of benzene rings is 2. The van der Waals surface area contributed by atoms with E-state index in [0.717, 1.165) is 17.5 Å². The lowest BCUT2D eigenvalue weighted by atomic mass is 10.1. The van der Waals surface area contributed by atoms with Crippen molar-refractivity contribution >= 4 is 16.9 Å². The van der Waals surface area contributed by atoms with Gasteiger partial charge in [0.15, 0.2) is 0 Å². The maximum Gasteiger partial charge on any atom is 0.338 e. The number of rotatable bonds is 7. The maximum atomic E-state index is 13.4. The molecule has 0 N–H and O–H groups in total. The topological polar surface area (TPSA) is 91.1 Å². The summed E-state index contributed by atoms with van der Waals surface area (Å²) in [5, 5.41) is 0.420. The Labute approximate surface area is 208 Å². The number of aryl methyl sites for hydroxylation is 1. The van der Waals surface area contributed by atoms with Crippen molar-refractivity contribution in [3.8, 4) is 17.2 Å². The first-order valence-corrected chi connectivity index (χ1v) is 11.8. The molecule has 36 heavy (non-hydrogen) atoms. The van der Waals surface area contributed by atoms with Gasteiger partial charge in [0.2, 0.25) is 11.2 Å². The van der Waals surface area contributed by atoms with E-state index in [1.807, 2.05) is 19.1 Å². The summed E-state index contributed by atoms with van der Waals surface area (Å²) in [6.07, 6.45) is 4.28. The van der Waals surface area contributed by atoms with Gasteiger partial charge in [-0.25, -0.2) is 4.79 Å². The standard InChI is InChI=1S/C28H26N2O6/c1-3-14-33-28(32)20-4-6-21(7-5-20)36-26-18(2)35-27-22(25(26)31)8-9-24-23(27)16-30(17-34-24)15-19-10-12-29-13-11-19/h4-13H,3,14-17H2,1-2H3. The van der Waals surface area contributed by atoms with Crippen LogP contribution in [0.5, 0.6) is 17.2 Å². The van der Waals surface area contributed by atoms with Crippen LogP contribution in [-0.4, -0.2) is 29.2 Å². The Morgan fingerprint density at radius 3 is 2.61 bits per heavy atom. The molecule has 0 atom stereocenters. The Balaban J connectivity index is 1.41. The van der Waals surface area contributed by atoms with Crippen LogP contribution in [0, 0.1) is 6.92 Å². The molecule has 0 unspecified atom stereocenters. The average molecular weight is 487 g/mol. The number of carbonyl (C=O) groups is 1. The van der Waals surface area contributed by atoms with Crippen LogP contribution in [0.2, 0.25) is 0 Å². The summed E-state index contributed by atoms with van der Waals surface area (Å²) < 4.78 is 23.1. The Hall–Kier alpha value is -4.17. The van der Waals surface area contributed by atoms with Crippen LogP contribution in [0.25, 0.3) is 11.0 Å². The van der Waals surface area contributed by atoms with E-state index in [0.29, 0.717) is 60.2 Å². The number of hydrogen-bond donors (Lipinski definition) is 0. The van der Waals surface area contributed by atoms with Crippen molar-refractivity contribution in [3.05, 3.63) is 93.6 Å². The summed E-state index contributed by atoms with van der Waals surface area (Å²) in [5.74, 6) is 1.19. The molecule has 0 radical (unpaired) electrons. The molecule has 1 aliphatic rings. The second-order valence-corrected chi connectivity index (χ2v) is 8.61. The molecule has 0 aliphatic carbocycles. The van der Waals surface area contributed by atoms with Gasteiger partial charge in [-0.05, 0) is 67.4 Å². The fraction of sp³-hybridized carbons (Fsp3) is 0.250. The first-order valence-electron chi connectivity index (χ1n) is 11.8. The van der Waals surface area contributed by atoms with Crippen LogP contribution in [0.1, 0.15) is 40.6 Å². The van der Waals surface area contributed by atoms with Gasteiger partial charge in [0, 0.05) is 25.5 Å². The van der Waals surface area contributed by atoms with Crippen LogP contribution < -0.4 is 14.9 Å². The van der Waals surface area contributed by atoms with Gasteiger partial charge in [-0.15, -0.1) is 0 Å². The van der Waals surface area contributed by atoms with Crippen molar-refractivity contribution in [1.29, 1.82) is 0 Å². The number of pyridine rings is 1. The summed E-state index contributed by atoms with van der Waals surface area (Å²) in [6, 6.07) is 13.9. The minimum absolute atomic E-state index is 0.106. The number of nitrogens with zero attached hydrogens (tertiary/aromatic N) is 2. The summed E-state index contributed by atoms with van der Waals surface area (Å²) in [5.41, 5.74) is 2.59. The minimum atomic E-state index is -0.394. The molecule has 8 heteroatoms. The van der Waals surface area contributed by atoms with E-state index >= 15 is 0 Å². The fourth-order valence-electron chi connectivity index (χ4n) is 4.12. The Morgan fingerprint density at radius 2 is 1.86 bits per heavy atom. The Kier molecular flexibility index (Phi) is 6.69. The largest absolute Gasteiger partial charge is 0.478 e. The second-order valence-electron chi connectivity index (χ2n) is 8.61. The third-order valence-electron chi connectivity index (χ3n) is 5.93. The number of esters is 1. The van der Waals surface area contributed by atoms with Crippen molar-refractivity contribution in [2.45, 2.75) is 33.4 Å². The third-order valence-corrected chi connectivity index (χ3v) is 5.93. The zero-order chi connectivity index (χ0) is 25.1. The van der Waals surface area contributed by atoms with E-state index in [1.165, 1.54) is 0 Å². The normalized spacial score (nSPS) is 13.2. The number of carbonyl (C=O) groups excluding carboxylic acids is 1. The molecule has 3 heterocycles. The molecule has 0 bridgehead atoms. The average Bonchev–Trinajstić information content (AvgIpc) is 2.90. The van der Waals surface area contributed by atoms with Gasteiger partial charge in [0.05, 0.1) is 23.1 Å². The van der Waals surface area contributed by atoms with Crippen molar-refractivity contribution in [2.24, 2.45) is 0 Å². The predicted octanol–water partition coefficient (Wildman–Crippen LogP) is 5.21. The first-order chi connectivity index (χ1) is 17.5. The van der Waals surface area contributed by atoms with Crippen molar-refractivity contribution in [1.82, 2.24) is 9.88 Å². The van der Waals surface area contributed by atoms with Crippen molar-refractivity contribution in [3.63, 3.8) is 0 Å². The Morgan fingerprint density at radius 1 is 1.08 bits per heavy atom. The molecule has 4 aromatic rings. The molecule has 1 aliphatic heterocycles. The molecular weight excluding hydrogens is 460 g/mol. The Bertz CT molecular complexity index is 1450. The lowest BCUT2D eigenvalue weighted by Gasteiger charge is -2.29. The van der Waals surface area contributed by atoms with Crippen LogP contribution in [-0.2, 0) is 17.8 Å². The first kappa shape index (κ1) is 23.6. The number of aromatic nitrogens is 1. The van der Waals surface area contributed by atoms with Crippen LogP contribution >= 0.6 is 0 Å². The molecule has 5 rings (SSSR count). The molecule has 0 amide bonds. The maximum absolute atomic E-state index is 13.4. The molecule has 8 nitrogen and oxygen atoms in total. The summed E-state index contributed by atoms with van der Waals surface area (Å²) in [4.78, 5) is 31.6. The number of hydrogen-bond acceptors (Lipinski definition) is 8. The molecule has 2 aromatic heterocycles. The van der Waals surface area contributed by atoms with E-state index in [1.54, 1.807) is 55.7 Å². The minimum Gasteiger partial charge on any atom is -0.478 e. The zero-order valence-corrected chi connectivity index (χ0v) is 20.2. The molecule has 2 aromatic carbocycles. The zero-order valence-electron chi connectivity index (χ0n) is 20.2. The highest BCUT2D eigenvalue weighted by atomic mass is 16.5. The quantitative estimate of drug-likeness (QED) is 0.329. The van der Waals surface area contributed by atoms with Crippen LogP contribution in [0.4, 0.5) is 0 Å². The third kappa shape index (κ3) is 4.81. The monoisotopic (exact) mass is 486 g/mol. The van der Waals surface area contributed by atoms with E-state index in [-0.39, 0.29) is 11.2 Å². The number of fused-ring (bicyclic) bond motifs is 3.